The summed E-state index contributed by atoms with van der Waals surface area (Å²) < 4.78 is 2.28. The summed E-state index contributed by atoms with van der Waals surface area (Å²) in [5, 5.41) is 9.88. The molecule has 1 atom stereocenters. The maximum absolute atomic E-state index is 9.88. The zero-order valence-electron chi connectivity index (χ0n) is 10.1. The van der Waals surface area contributed by atoms with Crippen LogP contribution in [0.25, 0.3) is 0 Å². The summed E-state index contributed by atoms with van der Waals surface area (Å²) in [4.78, 5) is 4.60. The predicted octanol–water partition coefficient (Wildman–Crippen LogP) is 1.33. The zero-order chi connectivity index (χ0) is 11.7. The highest BCUT2D eigenvalue weighted by molar-refractivity contribution is 5.23. The molecule has 0 bridgehead atoms. The van der Waals surface area contributed by atoms with Gasteiger partial charge >= 0.3 is 0 Å². The van der Waals surface area contributed by atoms with Gasteiger partial charge in [-0.05, 0) is 19.3 Å². The van der Waals surface area contributed by atoms with E-state index in [1.807, 2.05) is 0 Å². The van der Waals surface area contributed by atoms with Crippen LogP contribution in [-0.2, 0) is 13.0 Å². The van der Waals surface area contributed by atoms with Gasteiger partial charge in [0.15, 0.2) is 0 Å². The number of rotatable bonds is 3. The first kappa shape index (κ1) is 11.6. The first-order valence-corrected chi connectivity index (χ1v) is 6.12. The number of fused-ring (bicyclic) bond motifs is 1. The minimum atomic E-state index is -0.605. The van der Waals surface area contributed by atoms with Gasteiger partial charge in [0.05, 0.1) is 5.69 Å². The van der Waals surface area contributed by atoms with Gasteiger partial charge in [0, 0.05) is 24.7 Å². The van der Waals surface area contributed by atoms with Crippen LogP contribution >= 0.6 is 0 Å². The van der Waals surface area contributed by atoms with Gasteiger partial charge < -0.3 is 15.4 Å². The Bertz CT molecular complexity index is 371. The maximum atomic E-state index is 9.88. The van der Waals surface area contributed by atoms with Crippen molar-refractivity contribution >= 4 is 0 Å². The Balaban J connectivity index is 2.46. The number of nitrogens with zero attached hydrogens (tertiary/aromatic N) is 2. The maximum Gasteiger partial charge on any atom is 0.111 e. The molecule has 0 fully saturated rings. The van der Waals surface area contributed by atoms with E-state index in [1.165, 1.54) is 18.5 Å². The summed E-state index contributed by atoms with van der Waals surface area (Å²) in [6.45, 7) is 5.57. The fraction of sp³-hybridized carbons (Fsp3) is 0.750. The average molecular weight is 223 g/mol. The second-order valence-corrected chi connectivity index (χ2v) is 4.82. The van der Waals surface area contributed by atoms with Crippen LogP contribution in [0, 0.1) is 0 Å². The third kappa shape index (κ3) is 1.87. The minimum Gasteiger partial charge on any atom is -0.385 e. The largest absolute Gasteiger partial charge is 0.385 e. The molecule has 4 heteroatoms. The van der Waals surface area contributed by atoms with Gasteiger partial charge in [-0.25, -0.2) is 4.98 Å². The van der Waals surface area contributed by atoms with E-state index < -0.39 is 6.10 Å². The highest BCUT2D eigenvalue weighted by Crippen LogP contribution is 2.28. The summed E-state index contributed by atoms with van der Waals surface area (Å²) in [7, 11) is 0. The number of hydrogen-bond acceptors (Lipinski definition) is 3. The zero-order valence-corrected chi connectivity index (χ0v) is 10.1. The standard InChI is InChI=1S/C12H21N3O/c1-8(2)12-14-11(10(16)7-13)9-5-3-4-6-15(9)12/h8,10,16H,3-7,13H2,1-2H3. The van der Waals surface area contributed by atoms with E-state index in [-0.39, 0.29) is 6.54 Å². The smallest absolute Gasteiger partial charge is 0.111 e. The molecular weight excluding hydrogens is 202 g/mol. The van der Waals surface area contributed by atoms with Crippen molar-refractivity contribution in [3.63, 3.8) is 0 Å². The highest BCUT2D eigenvalue weighted by Gasteiger charge is 2.24. The van der Waals surface area contributed by atoms with E-state index in [0.29, 0.717) is 5.92 Å². The van der Waals surface area contributed by atoms with Gasteiger partial charge in [-0.3, -0.25) is 0 Å². The van der Waals surface area contributed by atoms with E-state index in [2.05, 4.69) is 23.4 Å². The van der Waals surface area contributed by atoms with Gasteiger partial charge in [0.2, 0.25) is 0 Å². The average Bonchev–Trinajstić information content (AvgIpc) is 2.67. The monoisotopic (exact) mass is 223 g/mol. The molecule has 16 heavy (non-hydrogen) atoms. The molecule has 1 aliphatic heterocycles. The van der Waals surface area contributed by atoms with Crippen LogP contribution in [0.3, 0.4) is 0 Å². The molecule has 2 heterocycles. The normalized spacial score (nSPS) is 17.6. The first-order valence-electron chi connectivity index (χ1n) is 6.12. The van der Waals surface area contributed by atoms with Crippen LogP contribution in [0.4, 0.5) is 0 Å². The lowest BCUT2D eigenvalue weighted by Gasteiger charge is -2.19. The van der Waals surface area contributed by atoms with Crippen molar-refractivity contribution < 1.29 is 5.11 Å². The lowest BCUT2D eigenvalue weighted by atomic mass is 10.1. The highest BCUT2D eigenvalue weighted by atomic mass is 16.3. The third-order valence-electron chi connectivity index (χ3n) is 3.23. The van der Waals surface area contributed by atoms with Crippen molar-refractivity contribution in [1.29, 1.82) is 0 Å². The van der Waals surface area contributed by atoms with E-state index >= 15 is 0 Å². The van der Waals surface area contributed by atoms with E-state index in [1.54, 1.807) is 0 Å². The molecule has 0 aromatic carbocycles. The van der Waals surface area contributed by atoms with Crippen LogP contribution in [0.1, 0.15) is 55.9 Å². The summed E-state index contributed by atoms with van der Waals surface area (Å²) in [6.07, 6.45) is 2.81. The topological polar surface area (TPSA) is 64.1 Å². The summed E-state index contributed by atoms with van der Waals surface area (Å²) in [6, 6.07) is 0. The fourth-order valence-electron chi connectivity index (χ4n) is 2.42. The molecule has 0 saturated heterocycles. The molecule has 0 saturated carbocycles. The molecule has 4 nitrogen and oxygen atoms in total. The van der Waals surface area contributed by atoms with Crippen LogP contribution < -0.4 is 5.73 Å². The molecule has 0 spiro atoms. The third-order valence-corrected chi connectivity index (χ3v) is 3.23. The van der Waals surface area contributed by atoms with Crippen molar-refractivity contribution in [3.8, 4) is 0 Å². The van der Waals surface area contributed by atoms with Crippen molar-refractivity contribution in [2.45, 2.75) is 51.7 Å². The molecule has 2 rings (SSSR count). The molecule has 90 valence electrons. The van der Waals surface area contributed by atoms with E-state index in [4.69, 9.17) is 5.73 Å². The molecule has 0 aliphatic carbocycles. The van der Waals surface area contributed by atoms with Gasteiger partial charge in [0.25, 0.3) is 0 Å². The van der Waals surface area contributed by atoms with Crippen molar-refractivity contribution in [2.75, 3.05) is 6.54 Å². The predicted molar refractivity (Wildman–Crippen MR) is 63.3 cm³/mol. The summed E-state index contributed by atoms with van der Waals surface area (Å²) in [5.74, 6) is 1.49. The van der Waals surface area contributed by atoms with Crippen LogP contribution in [-0.4, -0.2) is 21.2 Å². The Labute approximate surface area is 96.5 Å². The first-order chi connectivity index (χ1) is 7.65. The number of hydrogen-bond donors (Lipinski definition) is 2. The van der Waals surface area contributed by atoms with Crippen LogP contribution in [0.2, 0.25) is 0 Å². The molecule has 1 aliphatic rings. The molecule has 1 unspecified atom stereocenters. The van der Waals surface area contributed by atoms with Crippen molar-refractivity contribution in [1.82, 2.24) is 9.55 Å². The Morgan fingerprint density at radius 2 is 2.19 bits per heavy atom. The number of aliphatic hydroxyl groups excluding tert-OH is 1. The number of aromatic nitrogens is 2. The lowest BCUT2D eigenvalue weighted by molar-refractivity contribution is 0.180. The second-order valence-electron chi connectivity index (χ2n) is 4.82. The van der Waals surface area contributed by atoms with E-state index in [9.17, 15) is 5.11 Å². The van der Waals surface area contributed by atoms with Crippen molar-refractivity contribution in [2.24, 2.45) is 5.73 Å². The molecule has 0 amide bonds. The molecule has 1 aromatic heterocycles. The van der Waals surface area contributed by atoms with Crippen molar-refractivity contribution in [3.05, 3.63) is 17.2 Å². The summed E-state index contributed by atoms with van der Waals surface area (Å²) in [5.41, 5.74) is 7.54. The van der Waals surface area contributed by atoms with E-state index in [0.717, 1.165) is 24.5 Å². The molecule has 0 radical (unpaired) electrons. The Hall–Kier alpha value is -0.870. The molecule has 1 aromatic rings. The number of aliphatic hydroxyl groups is 1. The Kier molecular flexibility index (Phi) is 3.30. The second kappa shape index (κ2) is 4.55. The van der Waals surface area contributed by atoms with Crippen LogP contribution in [0.15, 0.2) is 0 Å². The minimum absolute atomic E-state index is 0.252. The SMILES string of the molecule is CC(C)c1nc(C(O)CN)c2n1CCCC2. The fourth-order valence-corrected chi connectivity index (χ4v) is 2.42. The molecular formula is C12H21N3O. The van der Waals surface area contributed by atoms with Crippen LogP contribution in [0.5, 0.6) is 0 Å². The van der Waals surface area contributed by atoms with Gasteiger partial charge in [0.1, 0.15) is 11.9 Å². The van der Waals surface area contributed by atoms with Gasteiger partial charge in [-0.2, -0.15) is 0 Å². The Morgan fingerprint density at radius 1 is 1.44 bits per heavy atom. The Morgan fingerprint density at radius 3 is 2.81 bits per heavy atom. The lowest BCUT2D eigenvalue weighted by Crippen LogP contribution is -2.17. The molecule has 3 N–H and O–H groups in total. The number of imidazole rings is 1. The summed E-state index contributed by atoms with van der Waals surface area (Å²) >= 11 is 0. The van der Waals surface area contributed by atoms with Gasteiger partial charge in [-0.15, -0.1) is 0 Å². The van der Waals surface area contributed by atoms with Gasteiger partial charge in [-0.1, -0.05) is 13.8 Å². The quantitative estimate of drug-likeness (QED) is 0.812. The number of nitrogens with two attached hydrogens (primary N) is 1.